The first-order valence-electron chi connectivity index (χ1n) is 11.1. The van der Waals surface area contributed by atoms with Crippen molar-refractivity contribution in [2.45, 2.75) is 20.8 Å². The first-order valence-corrected chi connectivity index (χ1v) is 11.9. The van der Waals surface area contributed by atoms with E-state index in [1.165, 1.54) is 69.6 Å². The first kappa shape index (κ1) is 19.3. The predicted octanol–water partition coefficient (Wildman–Crippen LogP) is 9.84. The lowest BCUT2D eigenvalue weighted by atomic mass is 9.88. The van der Waals surface area contributed by atoms with Crippen molar-refractivity contribution >= 4 is 60.0 Å². The number of allylic oxidation sites excluding steroid dienone is 4. The second kappa shape index (κ2) is 7.32. The molecule has 1 heteroatoms. The van der Waals surface area contributed by atoms with Gasteiger partial charge in [-0.05, 0) is 87.1 Å². The zero-order valence-corrected chi connectivity index (χ0v) is 19.4. The summed E-state index contributed by atoms with van der Waals surface area (Å²) in [7, 11) is 0. The molecule has 5 aromatic carbocycles. The molecule has 32 heavy (non-hydrogen) atoms. The maximum Gasteiger partial charge on any atom is 0.0355 e. The lowest BCUT2D eigenvalue weighted by molar-refractivity contribution is 1.39. The molecule has 0 radical (unpaired) electrons. The smallest absolute Gasteiger partial charge is 0.0355 e. The van der Waals surface area contributed by atoms with Gasteiger partial charge < -0.3 is 0 Å². The van der Waals surface area contributed by atoms with Crippen LogP contribution in [-0.4, -0.2) is 0 Å². The van der Waals surface area contributed by atoms with Gasteiger partial charge in [0.1, 0.15) is 0 Å². The Morgan fingerprint density at radius 2 is 1.22 bits per heavy atom. The van der Waals surface area contributed by atoms with E-state index < -0.39 is 0 Å². The molecule has 0 aliphatic carbocycles. The van der Waals surface area contributed by atoms with Gasteiger partial charge >= 0.3 is 0 Å². The third-order valence-corrected chi connectivity index (χ3v) is 7.71. The van der Waals surface area contributed by atoms with Gasteiger partial charge in [0, 0.05) is 9.75 Å². The second-order valence-corrected chi connectivity index (χ2v) is 9.94. The van der Waals surface area contributed by atoms with E-state index in [0.29, 0.717) is 0 Å². The molecule has 6 rings (SSSR count). The SMILES string of the molecule is CC(C)=C/C=C(\C)c1ccc(-c2ccc3c4cccc5cccc(c6cccc2c63)c54)s1. The average molecular weight is 429 g/mol. The normalized spacial score (nSPS) is 12.4. The molecule has 154 valence electrons. The molecule has 0 nitrogen and oxygen atoms in total. The monoisotopic (exact) mass is 428 g/mol. The third kappa shape index (κ3) is 2.89. The summed E-state index contributed by atoms with van der Waals surface area (Å²) >= 11 is 1.88. The van der Waals surface area contributed by atoms with Crippen molar-refractivity contribution in [3.63, 3.8) is 0 Å². The molecule has 0 spiro atoms. The lowest BCUT2D eigenvalue weighted by Crippen LogP contribution is -1.88. The Bertz CT molecular complexity index is 1640. The molecule has 0 amide bonds. The highest BCUT2D eigenvalue weighted by molar-refractivity contribution is 7.16. The highest BCUT2D eigenvalue weighted by atomic mass is 32.1. The Labute approximate surface area is 192 Å². The summed E-state index contributed by atoms with van der Waals surface area (Å²) in [5.41, 5.74) is 3.95. The van der Waals surface area contributed by atoms with Crippen LogP contribution in [0.15, 0.2) is 96.6 Å². The van der Waals surface area contributed by atoms with Gasteiger partial charge in [0.25, 0.3) is 0 Å². The van der Waals surface area contributed by atoms with Crippen LogP contribution in [0.3, 0.4) is 0 Å². The van der Waals surface area contributed by atoms with Gasteiger partial charge in [-0.15, -0.1) is 11.3 Å². The highest BCUT2D eigenvalue weighted by Gasteiger charge is 2.15. The zero-order chi connectivity index (χ0) is 21.8. The zero-order valence-electron chi connectivity index (χ0n) is 18.6. The van der Waals surface area contributed by atoms with Gasteiger partial charge in [0.05, 0.1) is 0 Å². The summed E-state index contributed by atoms with van der Waals surface area (Å²) in [6.45, 7) is 6.47. The third-order valence-electron chi connectivity index (χ3n) is 6.45. The molecule has 0 aliphatic rings. The first-order chi connectivity index (χ1) is 15.6. The summed E-state index contributed by atoms with van der Waals surface area (Å²) in [5.74, 6) is 0. The number of rotatable bonds is 3. The molecule has 1 aromatic heterocycles. The summed E-state index contributed by atoms with van der Waals surface area (Å²) in [6.07, 6.45) is 4.41. The minimum Gasteiger partial charge on any atom is -0.136 e. The van der Waals surface area contributed by atoms with E-state index in [1.807, 2.05) is 11.3 Å². The molecule has 1 heterocycles. The fourth-order valence-corrected chi connectivity index (χ4v) is 5.95. The molecule has 0 saturated carbocycles. The van der Waals surface area contributed by atoms with Gasteiger partial charge in [0.15, 0.2) is 0 Å². The highest BCUT2D eigenvalue weighted by Crippen LogP contribution is 2.44. The van der Waals surface area contributed by atoms with Crippen molar-refractivity contribution < 1.29 is 0 Å². The van der Waals surface area contributed by atoms with E-state index in [0.717, 1.165) is 0 Å². The fourth-order valence-electron chi connectivity index (χ4n) is 4.93. The Morgan fingerprint density at radius 3 is 1.94 bits per heavy atom. The lowest BCUT2D eigenvalue weighted by Gasteiger charge is -2.16. The van der Waals surface area contributed by atoms with E-state index in [-0.39, 0.29) is 0 Å². The van der Waals surface area contributed by atoms with E-state index in [9.17, 15) is 0 Å². The molecule has 0 fully saturated rings. The van der Waals surface area contributed by atoms with Crippen LogP contribution in [0.5, 0.6) is 0 Å². The van der Waals surface area contributed by atoms with Crippen molar-refractivity contribution in [1.82, 2.24) is 0 Å². The van der Waals surface area contributed by atoms with Crippen LogP contribution in [0.2, 0.25) is 0 Å². The standard InChI is InChI=1S/C31H24S/c1-19(2)13-14-20(3)28-17-18-29(32-28)22-15-16-27-25-10-5-8-21-7-4-9-24(30(21)25)26-12-6-11-23(22)31(26)27/h4-18H,1-3H3/b20-14+. The van der Waals surface area contributed by atoms with Gasteiger partial charge in [-0.25, -0.2) is 0 Å². The molecule has 0 saturated heterocycles. The molecule has 0 unspecified atom stereocenters. The average Bonchev–Trinajstić information content (AvgIpc) is 3.30. The molecule has 0 N–H and O–H groups in total. The van der Waals surface area contributed by atoms with E-state index in [4.69, 9.17) is 0 Å². The van der Waals surface area contributed by atoms with E-state index in [1.54, 1.807) is 0 Å². The van der Waals surface area contributed by atoms with Gasteiger partial charge in [0.2, 0.25) is 0 Å². The molecule has 0 bridgehead atoms. The van der Waals surface area contributed by atoms with Crippen LogP contribution in [0, 0.1) is 0 Å². The van der Waals surface area contributed by atoms with Gasteiger partial charge in [-0.2, -0.15) is 0 Å². The number of thiophene rings is 1. The molecular formula is C31H24S. The maximum atomic E-state index is 2.33. The van der Waals surface area contributed by atoms with Crippen molar-refractivity contribution in [3.8, 4) is 10.4 Å². The number of hydrogen-bond donors (Lipinski definition) is 0. The summed E-state index contributed by atoms with van der Waals surface area (Å²) < 4.78 is 0. The van der Waals surface area contributed by atoms with E-state index >= 15 is 0 Å². The van der Waals surface area contributed by atoms with Gasteiger partial charge in [-0.3, -0.25) is 0 Å². The van der Waals surface area contributed by atoms with Crippen molar-refractivity contribution in [1.29, 1.82) is 0 Å². The van der Waals surface area contributed by atoms with Crippen LogP contribution in [0.25, 0.3) is 59.1 Å². The van der Waals surface area contributed by atoms with Crippen LogP contribution < -0.4 is 0 Å². The van der Waals surface area contributed by atoms with Crippen LogP contribution in [0.4, 0.5) is 0 Å². The minimum atomic E-state index is 1.31. The van der Waals surface area contributed by atoms with E-state index in [2.05, 4.69) is 112 Å². The topological polar surface area (TPSA) is 0 Å². The Kier molecular flexibility index (Phi) is 4.41. The Balaban J connectivity index is 1.63. The predicted molar refractivity (Wildman–Crippen MR) is 144 cm³/mol. The largest absolute Gasteiger partial charge is 0.136 e. The fraction of sp³-hybridized carbons (Fsp3) is 0.0968. The number of hydrogen-bond acceptors (Lipinski definition) is 1. The maximum absolute atomic E-state index is 2.33. The summed E-state index contributed by atoms with van der Waals surface area (Å²) in [5, 5.41) is 10.8. The molecule has 0 aliphatic heterocycles. The Hall–Kier alpha value is -3.42. The minimum absolute atomic E-state index is 1.31. The summed E-state index contributed by atoms with van der Waals surface area (Å²) in [6, 6.07) is 29.3. The van der Waals surface area contributed by atoms with Crippen molar-refractivity contribution in [2.75, 3.05) is 0 Å². The van der Waals surface area contributed by atoms with Crippen molar-refractivity contribution in [2.24, 2.45) is 0 Å². The van der Waals surface area contributed by atoms with Crippen molar-refractivity contribution in [3.05, 3.63) is 101 Å². The van der Waals surface area contributed by atoms with Crippen LogP contribution >= 0.6 is 11.3 Å². The van der Waals surface area contributed by atoms with Crippen LogP contribution in [0.1, 0.15) is 25.6 Å². The molecular weight excluding hydrogens is 404 g/mol. The number of fused-ring (bicyclic) bond motifs is 2. The number of benzene rings is 5. The summed E-state index contributed by atoms with van der Waals surface area (Å²) in [4.78, 5) is 2.65. The quantitative estimate of drug-likeness (QED) is 0.149. The van der Waals surface area contributed by atoms with Gasteiger partial charge in [-0.1, -0.05) is 84.5 Å². The molecule has 6 aromatic rings. The molecule has 0 atom stereocenters. The van der Waals surface area contributed by atoms with Crippen LogP contribution in [-0.2, 0) is 0 Å². The second-order valence-electron chi connectivity index (χ2n) is 8.86. The Morgan fingerprint density at radius 1 is 0.594 bits per heavy atom.